The lowest BCUT2D eigenvalue weighted by Crippen LogP contribution is -2.24. The van der Waals surface area contributed by atoms with Crippen molar-refractivity contribution in [3.63, 3.8) is 0 Å². The molecule has 1 aliphatic heterocycles. The Balaban J connectivity index is 2.08. The average Bonchev–Trinajstić information content (AvgIpc) is 2.51. The first kappa shape index (κ1) is 9.71. The predicted octanol–water partition coefficient (Wildman–Crippen LogP) is 0.707. The van der Waals surface area contributed by atoms with E-state index in [4.69, 9.17) is 20.2 Å². The van der Waals surface area contributed by atoms with E-state index in [1.807, 2.05) is 0 Å². The summed E-state index contributed by atoms with van der Waals surface area (Å²) in [7, 11) is 1.84. The van der Waals surface area contributed by atoms with E-state index in [-0.39, 0.29) is 18.8 Å². The van der Waals surface area contributed by atoms with Gasteiger partial charge >= 0.3 is 0 Å². The molecule has 4 nitrogen and oxygen atoms in total. The zero-order valence-corrected chi connectivity index (χ0v) is 8.77. The first-order valence-corrected chi connectivity index (χ1v) is 6.39. The van der Waals surface area contributed by atoms with Crippen LogP contribution in [-0.2, 0) is 18.5 Å². The minimum absolute atomic E-state index is 0.00231. The second kappa shape index (κ2) is 2.82. The molecule has 1 heterocycles. The molecule has 2 fully saturated rings. The summed E-state index contributed by atoms with van der Waals surface area (Å²) in [5.74, 6) is -0.00231. The molecule has 0 spiro atoms. The Morgan fingerprint density at radius 2 is 2.23 bits per heavy atom. The Hall–Kier alpha value is 0.160. The van der Waals surface area contributed by atoms with Gasteiger partial charge in [0.1, 0.15) is 6.79 Å². The van der Waals surface area contributed by atoms with E-state index in [9.17, 15) is 8.42 Å². The third-order valence-corrected chi connectivity index (χ3v) is 5.54. The Labute approximate surface area is 81.6 Å². The van der Waals surface area contributed by atoms with Gasteiger partial charge in [0.25, 0.3) is 0 Å². The minimum atomic E-state index is -3.48. The lowest BCUT2D eigenvalue weighted by Gasteiger charge is -2.10. The summed E-state index contributed by atoms with van der Waals surface area (Å²) in [5, 5.41) is 0. The molecule has 2 aliphatic rings. The lowest BCUT2D eigenvalue weighted by atomic mass is 10.2. The van der Waals surface area contributed by atoms with Gasteiger partial charge in [-0.3, -0.25) is 0 Å². The highest BCUT2D eigenvalue weighted by atomic mass is 35.7. The average molecular weight is 227 g/mol. The molecule has 1 saturated carbocycles. The lowest BCUT2D eigenvalue weighted by molar-refractivity contribution is 0.0400. The van der Waals surface area contributed by atoms with Gasteiger partial charge in [0.15, 0.2) is 0 Å². The quantitative estimate of drug-likeness (QED) is 0.651. The molecule has 3 unspecified atom stereocenters. The molecule has 1 saturated heterocycles. The third-order valence-electron chi connectivity index (χ3n) is 2.90. The summed E-state index contributed by atoms with van der Waals surface area (Å²) in [6, 6.07) is 0. The number of hydrogen-bond donors (Lipinski definition) is 0. The van der Waals surface area contributed by atoms with Crippen molar-refractivity contribution >= 4 is 19.7 Å². The van der Waals surface area contributed by atoms with Gasteiger partial charge in [-0.05, 0) is 13.3 Å². The van der Waals surface area contributed by atoms with Gasteiger partial charge in [0.05, 0.1) is 17.5 Å². The Bertz CT molecular complexity index is 308. The summed E-state index contributed by atoms with van der Waals surface area (Å²) in [5.41, 5.74) is 0. The summed E-state index contributed by atoms with van der Waals surface area (Å²) in [4.78, 5) is 0. The Morgan fingerprint density at radius 3 is 2.62 bits per heavy atom. The van der Waals surface area contributed by atoms with E-state index in [0.717, 1.165) is 0 Å². The van der Waals surface area contributed by atoms with Crippen molar-refractivity contribution in [2.45, 2.75) is 24.2 Å². The van der Waals surface area contributed by atoms with Crippen LogP contribution in [0.2, 0.25) is 0 Å². The largest absolute Gasteiger partial charge is 0.353 e. The second-order valence-corrected chi connectivity index (χ2v) is 6.78. The predicted molar refractivity (Wildman–Crippen MR) is 47.0 cm³/mol. The summed E-state index contributed by atoms with van der Waals surface area (Å²) in [6.07, 6.45) is 0.478. The maximum Gasteiger partial charge on any atom is 0.238 e. The molecule has 1 aliphatic carbocycles. The molecule has 6 heteroatoms. The maximum atomic E-state index is 11.2. The van der Waals surface area contributed by atoms with Crippen molar-refractivity contribution in [1.29, 1.82) is 0 Å². The summed E-state index contributed by atoms with van der Waals surface area (Å²) < 4.78 is 31.7. The standard InChI is InChI=1S/C7H11ClO4S/c1-7(13(8,9)10)2-5(7)6-3-11-4-12-6/h5-6H,2-4H2,1H3. The van der Waals surface area contributed by atoms with Crippen LogP contribution in [0.3, 0.4) is 0 Å². The van der Waals surface area contributed by atoms with Crippen LogP contribution in [0.25, 0.3) is 0 Å². The van der Waals surface area contributed by atoms with E-state index >= 15 is 0 Å². The van der Waals surface area contributed by atoms with Crippen molar-refractivity contribution in [2.24, 2.45) is 5.92 Å². The van der Waals surface area contributed by atoms with E-state index in [1.54, 1.807) is 6.92 Å². The zero-order valence-electron chi connectivity index (χ0n) is 7.20. The first-order valence-electron chi connectivity index (χ1n) is 4.09. The second-order valence-electron chi connectivity index (χ2n) is 3.75. The highest BCUT2D eigenvalue weighted by Gasteiger charge is 2.63. The van der Waals surface area contributed by atoms with Crippen LogP contribution in [-0.4, -0.2) is 32.7 Å². The van der Waals surface area contributed by atoms with Crippen LogP contribution >= 0.6 is 10.7 Å². The molecule has 0 amide bonds. The fraction of sp³-hybridized carbons (Fsp3) is 1.00. The highest BCUT2D eigenvalue weighted by molar-refractivity contribution is 8.15. The van der Waals surface area contributed by atoms with E-state index in [1.165, 1.54) is 0 Å². The van der Waals surface area contributed by atoms with Gasteiger partial charge in [-0.25, -0.2) is 8.42 Å². The fourth-order valence-electron chi connectivity index (χ4n) is 1.76. The number of ether oxygens (including phenoxy) is 2. The van der Waals surface area contributed by atoms with E-state index in [2.05, 4.69) is 0 Å². The van der Waals surface area contributed by atoms with Crippen LogP contribution in [0, 0.1) is 5.92 Å². The Kier molecular flexibility index (Phi) is 2.11. The van der Waals surface area contributed by atoms with E-state index in [0.29, 0.717) is 13.0 Å². The molecule has 0 bridgehead atoms. The highest BCUT2D eigenvalue weighted by Crippen LogP contribution is 2.54. The molecule has 2 rings (SSSR count). The normalized spacial score (nSPS) is 45.1. The van der Waals surface area contributed by atoms with Crippen molar-refractivity contribution < 1.29 is 17.9 Å². The molecular weight excluding hydrogens is 216 g/mol. The fourth-order valence-corrected chi connectivity index (χ4v) is 3.19. The number of hydrogen-bond acceptors (Lipinski definition) is 4. The molecule has 0 aromatic carbocycles. The maximum absolute atomic E-state index is 11.2. The van der Waals surface area contributed by atoms with Crippen LogP contribution in [0.15, 0.2) is 0 Å². The monoisotopic (exact) mass is 226 g/mol. The smallest absolute Gasteiger partial charge is 0.238 e. The van der Waals surface area contributed by atoms with Crippen LogP contribution < -0.4 is 0 Å². The van der Waals surface area contributed by atoms with Crippen LogP contribution in [0.4, 0.5) is 0 Å². The van der Waals surface area contributed by atoms with Crippen molar-refractivity contribution in [3.8, 4) is 0 Å². The SMILES string of the molecule is CC1(S(=O)(=O)Cl)CC1C1COCO1. The van der Waals surface area contributed by atoms with E-state index < -0.39 is 13.8 Å². The van der Waals surface area contributed by atoms with Gasteiger partial charge in [-0.15, -0.1) is 0 Å². The topological polar surface area (TPSA) is 52.6 Å². The molecule has 3 atom stereocenters. The van der Waals surface area contributed by atoms with Gasteiger partial charge in [-0.1, -0.05) is 0 Å². The first-order chi connectivity index (χ1) is 5.95. The molecule has 76 valence electrons. The van der Waals surface area contributed by atoms with Crippen molar-refractivity contribution in [1.82, 2.24) is 0 Å². The Morgan fingerprint density at radius 1 is 1.54 bits per heavy atom. The number of rotatable bonds is 2. The van der Waals surface area contributed by atoms with Gasteiger partial charge in [-0.2, -0.15) is 0 Å². The van der Waals surface area contributed by atoms with Gasteiger partial charge < -0.3 is 9.47 Å². The minimum Gasteiger partial charge on any atom is -0.353 e. The molecule has 0 N–H and O–H groups in total. The summed E-state index contributed by atoms with van der Waals surface area (Å²) >= 11 is 0. The van der Waals surface area contributed by atoms with Gasteiger partial charge in [0, 0.05) is 16.6 Å². The van der Waals surface area contributed by atoms with Crippen molar-refractivity contribution in [2.75, 3.05) is 13.4 Å². The summed E-state index contributed by atoms with van der Waals surface area (Å²) in [6.45, 7) is 2.40. The molecule has 0 radical (unpaired) electrons. The number of halogens is 1. The van der Waals surface area contributed by atoms with Gasteiger partial charge in [0.2, 0.25) is 9.05 Å². The molecule has 13 heavy (non-hydrogen) atoms. The zero-order chi connectivity index (χ0) is 9.69. The van der Waals surface area contributed by atoms with Crippen LogP contribution in [0.5, 0.6) is 0 Å². The third kappa shape index (κ3) is 1.48. The van der Waals surface area contributed by atoms with Crippen molar-refractivity contribution in [3.05, 3.63) is 0 Å². The molecule has 0 aromatic heterocycles. The molecule has 0 aromatic rings. The van der Waals surface area contributed by atoms with Crippen LogP contribution in [0.1, 0.15) is 13.3 Å². The molecular formula is C7H11ClO4S.